The van der Waals surface area contributed by atoms with Crippen LogP contribution < -0.4 is 15.5 Å². The standard InChI is InChI=1S/C19H27N5OS/c1-12-13(2)26-19-16(12)17(21-11-22-19)24-8-5-14(6-9-24)18(25)23-15-4-3-7-20-10-15/h11,14-15,20H,3-10H2,1-2H3,(H,23,25)/t15-/m0/s1. The molecule has 2 saturated heterocycles. The van der Waals surface area contributed by atoms with Gasteiger partial charge in [0.25, 0.3) is 0 Å². The molecule has 4 heterocycles. The fraction of sp³-hybridized carbons (Fsp3) is 0.632. The number of anilines is 1. The number of rotatable bonds is 3. The number of aromatic nitrogens is 2. The Morgan fingerprint density at radius 1 is 1.27 bits per heavy atom. The van der Waals surface area contributed by atoms with Gasteiger partial charge in [0.2, 0.25) is 5.91 Å². The Labute approximate surface area is 158 Å². The zero-order chi connectivity index (χ0) is 18.1. The predicted octanol–water partition coefficient (Wildman–Crippen LogP) is 2.39. The molecule has 2 aliphatic heterocycles. The number of thiophene rings is 1. The molecule has 7 heteroatoms. The molecule has 0 aromatic carbocycles. The summed E-state index contributed by atoms with van der Waals surface area (Å²) in [7, 11) is 0. The van der Waals surface area contributed by atoms with Gasteiger partial charge in [-0.1, -0.05) is 0 Å². The number of amides is 1. The molecule has 0 spiro atoms. The summed E-state index contributed by atoms with van der Waals surface area (Å²) in [6.45, 7) is 8.02. The molecule has 0 bridgehead atoms. The summed E-state index contributed by atoms with van der Waals surface area (Å²) in [5.74, 6) is 1.39. The van der Waals surface area contributed by atoms with E-state index in [2.05, 4.69) is 39.3 Å². The Bertz CT molecular complexity index is 791. The molecule has 2 aliphatic rings. The largest absolute Gasteiger partial charge is 0.356 e. The molecule has 0 radical (unpaired) electrons. The first-order valence-electron chi connectivity index (χ1n) is 9.60. The van der Waals surface area contributed by atoms with E-state index in [0.29, 0.717) is 6.04 Å². The van der Waals surface area contributed by atoms with Crippen LogP contribution in [0.2, 0.25) is 0 Å². The number of nitrogens with one attached hydrogen (secondary N) is 2. The molecule has 140 valence electrons. The van der Waals surface area contributed by atoms with Gasteiger partial charge < -0.3 is 15.5 Å². The number of carbonyl (C=O) groups is 1. The van der Waals surface area contributed by atoms with E-state index >= 15 is 0 Å². The minimum Gasteiger partial charge on any atom is -0.356 e. The van der Waals surface area contributed by atoms with Crippen molar-refractivity contribution in [3.8, 4) is 0 Å². The topological polar surface area (TPSA) is 70.2 Å². The van der Waals surface area contributed by atoms with Gasteiger partial charge in [0.05, 0.1) is 5.39 Å². The zero-order valence-corrected chi connectivity index (χ0v) is 16.4. The van der Waals surface area contributed by atoms with E-state index in [-0.39, 0.29) is 11.8 Å². The van der Waals surface area contributed by atoms with E-state index in [1.807, 2.05) is 0 Å². The summed E-state index contributed by atoms with van der Waals surface area (Å²) < 4.78 is 0. The summed E-state index contributed by atoms with van der Waals surface area (Å²) in [4.78, 5) is 26.3. The Kier molecular flexibility index (Phi) is 5.09. The molecule has 1 atom stereocenters. The third-order valence-corrected chi connectivity index (χ3v) is 6.87. The van der Waals surface area contributed by atoms with E-state index in [4.69, 9.17) is 0 Å². The van der Waals surface area contributed by atoms with Gasteiger partial charge in [-0.15, -0.1) is 11.3 Å². The first-order valence-corrected chi connectivity index (χ1v) is 10.4. The van der Waals surface area contributed by atoms with Gasteiger partial charge in [-0.25, -0.2) is 9.97 Å². The van der Waals surface area contributed by atoms with E-state index in [0.717, 1.165) is 62.5 Å². The highest BCUT2D eigenvalue weighted by Crippen LogP contribution is 2.35. The third-order valence-electron chi connectivity index (χ3n) is 5.75. The summed E-state index contributed by atoms with van der Waals surface area (Å²) >= 11 is 1.73. The first-order chi connectivity index (χ1) is 12.6. The fourth-order valence-electron chi connectivity index (χ4n) is 4.05. The zero-order valence-electron chi connectivity index (χ0n) is 15.5. The van der Waals surface area contributed by atoms with Crippen LogP contribution in [-0.2, 0) is 4.79 Å². The maximum atomic E-state index is 12.6. The average Bonchev–Trinajstić information content (AvgIpc) is 2.97. The molecule has 1 amide bonds. The highest BCUT2D eigenvalue weighted by Gasteiger charge is 2.28. The minimum atomic E-state index is 0.121. The number of hydrogen-bond acceptors (Lipinski definition) is 6. The quantitative estimate of drug-likeness (QED) is 0.865. The molecule has 26 heavy (non-hydrogen) atoms. The predicted molar refractivity (Wildman–Crippen MR) is 106 cm³/mol. The minimum absolute atomic E-state index is 0.121. The molecule has 6 nitrogen and oxygen atoms in total. The lowest BCUT2D eigenvalue weighted by molar-refractivity contribution is -0.126. The molecule has 0 unspecified atom stereocenters. The highest BCUT2D eigenvalue weighted by molar-refractivity contribution is 7.18. The summed E-state index contributed by atoms with van der Waals surface area (Å²) in [5, 5.41) is 7.79. The Hall–Kier alpha value is -1.73. The number of nitrogens with zero attached hydrogens (tertiary/aromatic N) is 3. The van der Waals surface area contributed by atoms with Crippen molar-refractivity contribution >= 4 is 33.3 Å². The highest BCUT2D eigenvalue weighted by atomic mass is 32.1. The van der Waals surface area contributed by atoms with Crippen LogP contribution in [0.25, 0.3) is 10.2 Å². The van der Waals surface area contributed by atoms with Crippen molar-refractivity contribution in [2.45, 2.75) is 45.6 Å². The normalized spacial score (nSPS) is 21.9. The number of aryl methyl sites for hydroxylation is 2. The number of carbonyl (C=O) groups excluding carboxylic acids is 1. The van der Waals surface area contributed by atoms with Gasteiger partial charge in [0.15, 0.2) is 0 Å². The van der Waals surface area contributed by atoms with Crippen LogP contribution >= 0.6 is 11.3 Å². The van der Waals surface area contributed by atoms with Gasteiger partial charge in [0.1, 0.15) is 17.0 Å². The van der Waals surface area contributed by atoms with Crippen molar-refractivity contribution in [3.05, 3.63) is 16.8 Å². The molecule has 2 fully saturated rings. The summed E-state index contributed by atoms with van der Waals surface area (Å²) in [6.07, 6.45) is 5.68. The summed E-state index contributed by atoms with van der Waals surface area (Å²) in [6, 6.07) is 0.298. The second-order valence-corrected chi connectivity index (χ2v) is 8.68. The van der Waals surface area contributed by atoms with Crippen LogP contribution in [0, 0.1) is 19.8 Å². The maximum Gasteiger partial charge on any atom is 0.223 e. The molecule has 0 aliphatic carbocycles. The first kappa shape index (κ1) is 17.7. The average molecular weight is 374 g/mol. The monoisotopic (exact) mass is 373 g/mol. The van der Waals surface area contributed by atoms with Gasteiger partial charge in [-0.3, -0.25) is 4.79 Å². The molecule has 2 N–H and O–H groups in total. The molecule has 2 aromatic rings. The van der Waals surface area contributed by atoms with Gasteiger partial charge in [0, 0.05) is 36.5 Å². The van der Waals surface area contributed by atoms with Crippen LogP contribution in [0.15, 0.2) is 6.33 Å². The SMILES string of the molecule is Cc1sc2ncnc(N3CCC(C(=O)N[C@H]4CCCNC4)CC3)c2c1C. The summed E-state index contributed by atoms with van der Waals surface area (Å²) in [5.41, 5.74) is 1.28. The molecular weight excluding hydrogens is 346 g/mol. The van der Waals surface area contributed by atoms with Crippen LogP contribution in [0.1, 0.15) is 36.1 Å². The Balaban J connectivity index is 1.41. The van der Waals surface area contributed by atoms with Crippen molar-refractivity contribution in [2.24, 2.45) is 5.92 Å². The molecule has 0 saturated carbocycles. The number of fused-ring (bicyclic) bond motifs is 1. The molecular formula is C19H27N5OS. The van der Waals surface area contributed by atoms with Crippen LogP contribution in [0.4, 0.5) is 5.82 Å². The van der Waals surface area contributed by atoms with Gasteiger partial charge in [-0.05, 0) is 51.6 Å². The van der Waals surface area contributed by atoms with Crippen molar-refractivity contribution < 1.29 is 4.79 Å². The Morgan fingerprint density at radius 2 is 2.08 bits per heavy atom. The van der Waals surface area contributed by atoms with E-state index in [1.54, 1.807) is 17.7 Å². The lowest BCUT2D eigenvalue weighted by atomic mass is 9.94. The van der Waals surface area contributed by atoms with Crippen molar-refractivity contribution in [2.75, 3.05) is 31.1 Å². The Morgan fingerprint density at radius 3 is 2.81 bits per heavy atom. The second kappa shape index (κ2) is 7.48. The smallest absolute Gasteiger partial charge is 0.223 e. The van der Waals surface area contributed by atoms with Crippen LogP contribution in [0.3, 0.4) is 0 Å². The van der Waals surface area contributed by atoms with E-state index < -0.39 is 0 Å². The molecule has 4 rings (SSSR count). The fourth-order valence-corrected chi connectivity index (χ4v) is 5.04. The number of hydrogen-bond donors (Lipinski definition) is 2. The molecule has 2 aromatic heterocycles. The van der Waals surface area contributed by atoms with Crippen LogP contribution in [0.5, 0.6) is 0 Å². The van der Waals surface area contributed by atoms with Crippen molar-refractivity contribution in [3.63, 3.8) is 0 Å². The van der Waals surface area contributed by atoms with Crippen molar-refractivity contribution in [1.82, 2.24) is 20.6 Å². The van der Waals surface area contributed by atoms with Gasteiger partial charge >= 0.3 is 0 Å². The van der Waals surface area contributed by atoms with Crippen molar-refractivity contribution in [1.29, 1.82) is 0 Å². The number of piperidine rings is 2. The van der Waals surface area contributed by atoms with E-state index in [1.165, 1.54) is 15.8 Å². The van der Waals surface area contributed by atoms with Gasteiger partial charge in [-0.2, -0.15) is 0 Å². The second-order valence-electron chi connectivity index (χ2n) is 7.47. The van der Waals surface area contributed by atoms with Crippen LogP contribution in [-0.4, -0.2) is 48.1 Å². The van der Waals surface area contributed by atoms with E-state index in [9.17, 15) is 4.79 Å². The lowest BCUT2D eigenvalue weighted by Gasteiger charge is -2.33. The lowest BCUT2D eigenvalue weighted by Crippen LogP contribution is -2.49. The maximum absolute atomic E-state index is 12.6. The third kappa shape index (κ3) is 3.42.